The molecule has 0 fully saturated rings. The predicted molar refractivity (Wildman–Crippen MR) is 79.5 cm³/mol. The Balaban J connectivity index is 2.00. The van der Waals surface area contributed by atoms with Crippen molar-refractivity contribution in [2.24, 2.45) is 5.92 Å². The number of nitrogens with two attached hydrogens (primary N) is 1. The van der Waals surface area contributed by atoms with Crippen molar-refractivity contribution in [1.29, 1.82) is 0 Å². The second-order valence-corrected chi connectivity index (χ2v) is 5.74. The average molecular weight is 303 g/mol. The summed E-state index contributed by atoms with van der Waals surface area (Å²) in [6, 6.07) is 7.34. The molecule has 1 amide bonds. The van der Waals surface area contributed by atoms with Crippen molar-refractivity contribution < 1.29 is 14.7 Å². The highest BCUT2D eigenvalue weighted by molar-refractivity contribution is 7.13. The van der Waals surface area contributed by atoms with Gasteiger partial charge >= 0.3 is 5.97 Å². The van der Waals surface area contributed by atoms with Crippen LogP contribution in [-0.4, -0.2) is 28.5 Å². The largest absolute Gasteiger partial charge is 0.481 e. The lowest BCUT2D eigenvalue weighted by Gasteiger charge is -2.32. The van der Waals surface area contributed by atoms with Crippen LogP contribution in [0.25, 0.3) is 0 Å². The molecule has 108 valence electrons. The van der Waals surface area contributed by atoms with Crippen LogP contribution in [0.15, 0.2) is 29.6 Å². The van der Waals surface area contributed by atoms with Crippen molar-refractivity contribution in [2.75, 3.05) is 17.2 Å². The minimum absolute atomic E-state index is 0.141. The molecule has 0 spiro atoms. The van der Waals surface area contributed by atoms with Crippen LogP contribution in [-0.2, 0) is 11.2 Å². The number of aromatic nitrogens is 1. The fraction of sp³-hybridized carbons (Fsp3) is 0.214. The molecule has 2 heterocycles. The number of carboxylic acids is 1. The number of para-hydroxylation sites is 1. The molecular formula is C14H13N3O3S. The fourth-order valence-corrected chi connectivity index (χ4v) is 3.01. The van der Waals surface area contributed by atoms with Gasteiger partial charge in [0.15, 0.2) is 5.13 Å². The number of carbonyl (C=O) groups excluding carboxylic acids is 1. The Labute approximate surface area is 124 Å². The Bertz CT molecular complexity index is 713. The van der Waals surface area contributed by atoms with E-state index in [-0.39, 0.29) is 18.1 Å². The smallest absolute Gasteiger partial charge is 0.308 e. The summed E-state index contributed by atoms with van der Waals surface area (Å²) in [7, 11) is 0. The second-order valence-electron chi connectivity index (χ2n) is 4.85. The predicted octanol–water partition coefficient (Wildman–Crippen LogP) is 1.63. The maximum Gasteiger partial charge on any atom is 0.308 e. The molecule has 1 aromatic carbocycles. The summed E-state index contributed by atoms with van der Waals surface area (Å²) in [6.07, 6.45) is 0.425. The number of anilines is 2. The number of benzene rings is 1. The Morgan fingerprint density at radius 3 is 2.81 bits per heavy atom. The molecule has 3 N–H and O–H groups in total. The lowest BCUT2D eigenvalue weighted by Crippen LogP contribution is -2.42. The number of amides is 1. The monoisotopic (exact) mass is 303 g/mol. The number of carboxylic acid groups (broad SMARTS) is 1. The molecule has 0 saturated heterocycles. The third-order valence-electron chi connectivity index (χ3n) is 3.49. The van der Waals surface area contributed by atoms with Crippen LogP contribution in [0.2, 0.25) is 0 Å². The van der Waals surface area contributed by atoms with E-state index in [1.807, 2.05) is 24.3 Å². The Kier molecular flexibility index (Phi) is 3.34. The Hall–Kier alpha value is -2.41. The molecule has 3 rings (SSSR count). The molecule has 1 aliphatic rings. The molecule has 6 nitrogen and oxygen atoms in total. The third-order valence-corrected chi connectivity index (χ3v) is 4.16. The third kappa shape index (κ3) is 2.47. The van der Waals surface area contributed by atoms with Crippen molar-refractivity contribution in [3.63, 3.8) is 0 Å². The van der Waals surface area contributed by atoms with Gasteiger partial charge in [-0.3, -0.25) is 9.59 Å². The van der Waals surface area contributed by atoms with E-state index in [9.17, 15) is 14.7 Å². The van der Waals surface area contributed by atoms with Gasteiger partial charge in [0.25, 0.3) is 5.91 Å². The number of fused-ring (bicyclic) bond motifs is 1. The first kappa shape index (κ1) is 13.6. The van der Waals surface area contributed by atoms with E-state index in [4.69, 9.17) is 5.73 Å². The topological polar surface area (TPSA) is 96.5 Å². The SMILES string of the molecule is Nc1nc(C(=O)N2CC(C(=O)O)Cc3ccccc32)cs1. The Morgan fingerprint density at radius 2 is 2.14 bits per heavy atom. The zero-order chi connectivity index (χ0) is 15.0. The van der Waals surface area contributed by atoms with Crippen LogP contribution in [0.1, 0.15) is 16.1 Å². The van der Waals surface area contributed by atoms with E-state index >= 15 is 0 Å². The summed E-state index contributed by atoms with van der Waals surface area (Å²) in [4.78, 5) is 29.3. The molecular weight excluding hydrogens is 290 g/mol. The summed E-state index contributed by atoms with van der Waals surface area (Å²) in [5.41, 5.74) is 7.40. The van der Waals surface area contributed by atoms with Gasteiger partial charge in [0.1, 0.15) is 5.69 Å². The van der Waals surface area contributed by atoms with Gasteiger partial charge < -0.3 is 15.7 Å². The minimum Gasteiger partial charge on any atom is -0.481 e. The number of aliphatic carboxylic acids is 1. The lowest BCUT2D eigenvalue weighted by atomic mass is 9.92. The maximum absolute atomic E-state index is 12.6. The van der Waals surface area contributed by atoms with Crippen molar-refractivity contribution in [2.45, 2.75) is 6.42 Å². The van der Waals surface area contributed by atoms with Crippen LogP contribution < -0.4 is 10.6 Å². The highest BCUT2D eigenvalue weighted by Crippen LogP contribution is 2.31. The average Bonchev–Trinajstić information content (AvgIpc) is 2.92. The number of hydrogen-bond donors (Lipinski definition) is 2. The van der Waals surface area contributed by atoms with Crippen LogP contribution >= 0.6 is 11.3 Å². The lowest BCUT2D eigenvalue weighted by molar-refractivity contribution is -0.141. The highest BCUT2D eigenvalue weighted by atomic mass is 32.1. The molecule has 1 aliphatic heterocycles. The number of nitrogen functional groups attached to an aromatic ring is 1. The number of rotatable bonds is 2. The number of hydrogen-bond acceptors (Lipinski definition) is 5. The first-order chi connectivity index (χ1) is 10.1. The standard InChI is InChI=1S/C14H13N3O3S/c15-14-16-10(7-21-14)12(18)17-6-9(13(19)20)5-8-3-1-2-4-11(8)17/h1-4,7,9H,5-6H2,(H2,15,16)(H,19,20). The molecule has 1 aromatic heterocycles. The number of nitrogens with zero attached hydrogens (tertiary/aromatic N) is 2. The molecule has 0 saturated carbocycles. The molecule has 1 unspecified atom stereocenters. The molecule has 0 radical (unpaired) electrons. The van der Waals surface area contributed by atoms with Gasteiger partial charge in [-0.2, -0.15) is 0 Å². The zero-order valence-electron chi connectivity index (χ0n) is 11.0. The molecule has 2 aromatic rings. The number of carbonyl (C=O) groups is 2. The first-order valence-corrected chi connectivity index (χ1v) is 7.28. The first-order valence-electron chi connectivity index (χ1n) is 6.40. The molecule has 7 heteroatoms. The minimum atomic E-state index is -0.903. The van der Waals surface area contributed by atoms with E-state index in [0.717, 1.165) is 11.3 Å². The van der Waals surface area contributed by atoms with Crippen LogP contribution in [0.4, 0.5) is 10.8 Å². The summed E-state index contributed by atoms with van der Waals surface area (Å²) in [5.74, 6) is -1.83. The van der Waals surface area contributed by atoms with E-state index in [1.54, 1.807) is 5.38 Å². The maximum atomic E-state index is 12.6. The van der Waals surface area contributed by atoms with Gasteiger partial charge in [0, 0.05) is 17.6 Å². The fourth-order valence-electron chi connectivity index (χ4n) is 2.48. The zero-order valence-corrected chi connectivity index (χ0v) is 11.8. The second kappa shape index (κ2) is 5.17. The van der Waals surface area contributed by atoms with E-state index < -0.39 is 11.9 Å². The highest BCUT2D eigenvalue weighted by Gasteiger charge is 2.33. The van der Waals surface area contributed by atoms with E-state index in [1.165, 1.54) is 16.2 Å². The van der Waals surface area contributed by atoms with Gasteiger partial charge in [-0.1, -0.05) is 18.2 Å². The van der Waals surface area contributed by atoms with Crippen LogP contribution in [0.5, 0.6) is 0 Å². The van der Waals surface area contributed by atoms with E-state index in [0.29, 0.717) is 11.6 Å². The van der Waals surface area contributed by atoms with Gasteiger partial charge in [-0.25, -0.2) is 4.98 Å². The quantitative estimate of drug-likeness (QED) is 0.879. The molecule has 0 aliphatic carbocycles. The van der Waals surface area contributed by atoms with Gasteiger partial charge in [0.2, 0.25) is 0 Å². The van der Waals surface area contributed by atoms with Crippen LogP contribution in [0, 0.1) is 5.92 Å². The summed E-state index contributed by atoms with van der Waals surface area (Å²) in [5, 5.41) is 11.2. The Morgan fingerprint density at radius 1 is 1.38 bits per heavy atom. The molecule has 0 bridgehead atoms. The van der Waals surface area contributed by atoms with Crippen molar-refractivity contribution >= 4 is 34.0 Å². The van der Waals surface area contributed by atoms with E-state index in [2.05, 4.69) is 4.98 Å². The summed E-state index contributed by atoms with van der Waals surface area (Å²) >= 11 is 1.19. The molecule has 1 atom stereocenters. The van der Waals surface area contributed by atoms with Crippen molar-refractivity contribution in [1.82, 2.24) is 4.98 Å². The van der Waals surface area contributed by atoms with Gasteiger partial charge in [0.05, 0.1) is 5.92 Å². The van der Waals surface area contributed by atoms with Gasteiger partial charge in [-0.15, -0.1) is 11.3 Å². The molecule has 21 heavy (non-hydrogen) atoms. The van der Waals surface area contributed by atoms with Crippen LogP contribution in [0.3, 0.4) is 0 Å². The number of thiazole rings is 1. The summed E-state index contributed by atoms with van der Waals surface area (Å²) < 4.78 is 0. The summed E-state index contributed by atoms with van der Waals surface area (Å²) in [6.45, 7) is 0.141. The normalized spacial score (nSPS) is 17.3. The van der Waals surface area contributed by atoms with Crippen molar-refractivity contribution in [3.8, 4) is 0 Å². The van der Waals surface area contributed by atoms with Gasteiger partial charge in [-0.05, 0) is 18.1 Å². The van der Waals surface area contributed by atoms with Crippen molar-refractivity contribution in [3.05, 3.63) is 40.9 Å².